The maximum Gasteiger partial charge on any atom is 0.136 e. The second-order valence-electron chi connectivity index (χ2n) is 5.51. The van der Waals surface area contributed by atoms with Crippen LogP contribution in [-0.4, -0.2) is 23.4 Å². The van der Waals surface area contributed by atoms with Crippen molar-refractivity contribution < 1.29 is 19.4 Å². The number of aromatic hydroxyl groups is 1. The van der Waals surface area contributed by atoms with Crippen LogP contribution in [0.15, 0.2) is 34.7 Å². The lowest BCUT2D eigenvalue weighted by molar-refractivity contribution is 0.0332. The van der Waals surface area contributed by atoms with E-state index in [1.807, 2.05) is 19.9 Å². The molecular weight excluding hydrogens is 282 g/mol. The van der Waals surface area contributed by atoms with E-state index in [1.54, 1.807) is 31.2 Å². The second kappa shape index (κ2) is 6.85. The van der Waals surface area contributed by atoms with Crippen molar-refractivity contribution in [3.05, 3.63) is 47.4 Å². The first-order chi connectivity index (χ1) is 10.4. The van der Waals surface area contributed by atoms with E-state index in [2.05, 4.69) is 5.32 Å². The SMILES string of the molecule is CCOc1ccc(O)c(CNCC(C)(O)c2ccc(C)o2)c1. The molecule has 1 unspecified atom stereocenters. The van der Waals surface area contributed by atoms with E-state index >= 15 is 0 Å². The number of hydrogen-bond acceptors (Lipinski definition) is 5. The Hall–Kier alpha value is -1.98. The number of phenols is 1. The van der Waals surface area contributed by atoms with Gasteiger partial charge in [0.2, 0.25) is 0 Å². The van der Waals surface area contributed by atoms with Gasteiger partial charge in [-0.2, -0.15) is 0 Å². The molecule has 0 spiro atoms. The number of phenolic OH excluding ortho intramolecular Hbond substituents is 1. The third-order valence-corrected chi connectivity index (χ3v) is 3.42. The number of ether oxygens (including phenoxy) is 1. The molecule has 0 aliphatic heterocycles. The van der Waals surface area contributed by atoms with Gasteiger partial charge in [0.15, 0.2) is 0 Å². The average Bonchev–Trinajstić information content (AvgIpc) is 2.90. The van der Waals surface area contributed by atoms with E-state index in [0.29, 0.717) is 31.2 Å². The van der Waals surface area contributed by atoms with Crippen molar-refractivity contribution in [1.29, 1.82) is 0 Å². The van der Waals surface area contributed by atoms with E-state index in [9.17, 15) is 10.2 Å². The summed E-state index contributed by atoms with van der Waals surface area (Å²) < 4.78 is 10.9. The van der Waals surface area contributed by atoms with E-state index in [1.165, 1.54) is 0 Å². The highest BCUT2D eigenvalue weighted by atomic mass is 16.5. The molecule has 1 aromatic carbocycles. The summed E-state index contributed by atoms with van der Waals surface area (Å²) in [5, 5.41) is 23.5. The van der Waals surface area contributed by atoms with Crippen LogP contribution >= 0.6 is 0 Å². The van der Waals surface area contributed by atoms with Gasteiger partial charge in [-0.3, -0.25) is 0 Å². The Morgan fingerprint density at radius 3 is 2.68 bits per heavy atom. The summed E-state index contributed by atoms with van der Waals surface area (Å²) in [4.78, 5) is 0. The zero-order valence-corrected chi connectivity index (χ0v) is 13.2. The van der Waals surface area contributed by atoms with Gasteiger partial charge in [0, 0.05) is 18.7 Å². The molecule has 2 rings (SSSR count). The smallest absolute Gasteiger partial charge is 0.136 e. The van der Waals surface area contributed by atoms with Crippen molar-refractivity contribution in [3.8, 4) is 11.5 Å². The summed E-state index contributed by atoms with van der Waals surface area (Å²) >= 11 is 0. The molecule has 22 heavy (non-hydrogen) atoms. The summed E-state index contributed by atoms with van der Waals surface area (Å²) in [6.07, 6.45) is 0. The molecule has 2 aromatic rings. The zero-order chi connectivity index (χ0) is 16.2. The van der Waals surface area contributed by atoms with Crippen molar-refractivity contribution in [1.82, 2.24) is 5.32 Å². The van der Waals surface area contributed by atoms with Crippen molar-refractivity contribution in [3.63, 3.8) is 0 Å². The second-order valence-corrected chi connectivity index (χ2v) is 5.51. The van der Waals surface area contributed by atoms with Crippen LogP contribution < -0.4 is 10.1 Å². The number of nitrogens with one attached hydrogen (secondary N) is 1. The Kier molecular flexibility index (Phi) is 5.11. The van der Waals surface area contributed by atoms with Crippen LogP contribution in [0.25, 0.3) is 0 Å². The third-order valence-electron chi connectivity index (χ3n) is 3.42. The molecule has 0 saturated carbocycles. The minimum atomic E-state index is -1.11. The molecule has 0 aliphatic rings. The third kappa shape index (κ3) is 4.02. The molecule has 0 bridgehead atoms. The minimum absolute atomic E-state index is 0.199. The Labute approximate surface area is 130 Å². The van der Waals surface area contributed by atoms with Gasteiger partial charge >= 0.3 is 0 Å². The van der Waals surface area contributed by atoms with Crippen LogP contribution in [0.1, 0.15) is 30.9 Å². The fourth-order valence-electron chi connectivity index (χ4n) is 2.21. The lowest BCUT2D eigenvalue weighted by Gasteiger charge is -2.21. The molecule has 1 atom stereocenters. The van der Waals surface area contributed by atoms with E-state index in [0.717, 1.165) is 11.3 Å². The predicted molar refractivity (Wildman–Crippen MR) is 84.0 cm³/mol. The van der Waals surface area contributed by atoms with Gasteiger partial charge in [-0.25, -0.2) is 0 Å². The molecule has 0 amide bonds. The molecule has 120 valence electrons. The molecule has 3 N–H and O–H groups in total. The summed E-state index contributed by atoms with van der Waals surface area (Å²) in [7, 11) is 0. The summed E-state index contributed by atoms with van der Waals surface area (Å²) in [6.45, 7) is 6.73. The van der Waals surface area contributed by atoms with Crippen LogP contribution in [-0.2, 0) is 12.1 Å². The monoisotopic (exact) mass is 305 g/mol. The molecule has 0 saturated heterocycles. The number of aliphatic hydroxyl groups is 1. The molecule has 5 nitrogen and oxygen atoms in total. The van der Waals surface area contributed by atoms with Gasteiger partial charge in [-0.15, -0.1) is 0 Å². The fourth-order valence-corrected chi connectivity index (χ4v) is 2.21. The number of rotatable bonds is 7. The molecule has 0 aliphatic carbocycles. The van der Waals surface area contributed by atoms with E-state index in [-0.39, 0.29) is 5.75 Å². The highest BCUT2D eigenvalue weighted by molar-refractivity contribution is 5.39. The van der Waals surface area contributed by atoms with E-state index < -0.39 is 5.60 Å². The van der Waals surface area contributed by atoms with Crippen LogP contribution in [0, 0.1) is 6.92 Å². The lowest BCUT2D eigenvalue weighted by Crippen LogP contribution is -2.34. The van der Waals surface area contributed by atoms with Crippen LogP contribution in [0.2, 0.25) is 0 Å². The normalized spacial score (nSPS) is 13.8. The zero-order valence-electron chi connectivity index (χ0n) is 13.2. The largest absolute Gasteiger partial charge is 0.508 e. The highest BCUT2D eigenvalue weighted by Crippen LogP contribution is 2.24. The average molecular weight is 305 g/mol. The maximum atomic E-state index is 10.4. The topological polar surface area (TPSA) is 74.9 Å². The molecule has 0 radical (unpaired) electrons. The Bertz CT molecular complexity index is 619. The van der Waals surface area contributed by atoms with Crippen molar-refractivity contribution in [2.75, 3.05) is 13.2 Å². The first-order valence-corrected chi connectivity index (χ1v) is 7.37. The summed E-state index contributed by atoms with van der Waals surface area (Å²) in [5.41, 5.74) is -0.390. The van der Waals surface area contributed by atoms with Crippen molar-refractivity contribution in [2.24, 2.45) is 0 Å². The molecule has 5 heteroatoms. The number of benzene rings is 1. The van der Waals surface area contributed by atoms with Gasteiger partial charge in [-0.05, 0) is 51.1 Å². The van der Waals surface area contributed by atoms with Crippen LogP contribution in [0.5, 0.6) is 11.5 Å². The summed E-state index contributed by atoms with van der Waals surface area (Å²) in [6, 6.07) is 8.71. The van der Waals surface area contributed by atoms with Crippen molar-refractivity contribution >= 4 is 0 Å². The van der Waals surface area contributed by atoms with Crippen LogP contribution in [0.4, 0.5) is 0 Å². The number of furan rings is 1. The van der Waals surface area contributed by atoms with Gasteiger partial charge < -0.3 is 24.7 Å². The standard InChI is InChI=1S/C17H23NO4/c1-4-21-14-6-7-15(19)13(9-14)10-18-11-17(3,20)16-8-5-12(2)22-16/h5-9,18-20H,4,10-11H2,1-3H3. The molecule has 1 aromatic heterocycles. The molecule has 1 heterocycles. The van der Waals surface area contributed by atoms with Gasteiger partial charge in [0.05, 0.1) is 6.61 Å². The first-order valence-electron chi connectivity index (χ1n) is 7.37. The molecule has 0 fully saturated rings. The Morgan fingerprint density at radius 2 is 2.05 bits per heavy atom. The quantitative estimate of drug-likeness (QED) is 0.733. The highest BCUT2D eigenvalue weighted by Gasteiger charge is 2.26. The van der Waals surface area contributed by atoms with Gasteiger partial charge in [-0.1, -0.05) is 0 Å². The number of hydrogen-bond donors (Lipinski definition) is 3. The Balaban J connectivity index is 1.97. The van der Waals surface area contributed by atoms with Gasteiger partial charge in [0.25, 0.3) is 0 Å². The summed E-state index contributed by atoms with van der Waals surface area (Å²) in [5.74, 6) is 2.19. The first kappa shape index (κ1) is 16.4. The lowest BCUT2D eigenvalue weighted by atomic mass is 10.0. The molecular formula is C17H23NO4. The predicted octanol–water partition coefficient (Wildman–Crippen LogP) is 2.69. The van der Waals surface area contributed by atoms with E-state index in [4.69, 9.17) is 9.15 Å². The Morgan fingerprint density at radius 1 is 1.27 bits per heavy atom. The fraction of sp³-hybridized carbons (Fsp3) is 0.412. The maximum absolute atomic E-state index is 10.4. The van der Waals surface area contributed by atoms with Crippen molar-refractivity contribution in [2.45, 2.75) is 32.9 Å². The van der Waals surface area contributed by atoms with Crippen LogP contribution in [0.3, 0.4) is 0 Å². The minimum Gasteiger partial charge on any atom is -0.508 e. The van der Waals surface area contributed by atoms with Gasteiger partial charge in [0.1, 0.15) is 28.6 Å². The number of aryl methyl sites for hydroxylation is 1.